The molecule has 0 bridgehead atoms. The van der Waals surface area contributed by atoms with Gasteiger partial charge in [-0.3, -0.25) is 14.5 Å². The molecule has 1 aliphatic heterocycles. The standard InChI is InChI=1S/C22H22F3N3O3/c1-14(2)19(29)27-21(22(23,24)25)20(30)28(13-15-9-11-17(31-3)12-10-15)18(26-21)16-7-5-4-6-8-16/h4-12,14H,13H2,1-3H3,(H,27,29). The van der Waals surface area contributed by atoms with Crippen molar-refractivity contribution in [1.82, 2.24) is 10.2 Å². The average molecular weight is 433 g/mol. The van der Waals surface area contributed by atoms with E-state index in [2.05, 4.69) is 4.99 Å². The maximum atomic E-state index is 14.2. The molecular weight excluding hydrogens is 411 g/mol. The lowest BCUT2D eigenvalue weighted by atomic mass is 10.1. The van der Waals surface area contributed by atoms with Gasteiger partial charge < -0.3 is 10.1 Å². The first-order chi connectivity index (χ1) is 14.6. The number of amidine groups is 1. The number of hydrogen-bond acceptors (Lipinski definition) is 4. The van der Waals surface area contributed by atoms with Crippen molar-refractivity contribution in [3.05, 3.63) is 65.7 Å². The van der Waals surface area contributed by atoms with Crippen LogP contribution in [0.2, 0.25) is 0 Å². The molecule has 3 rings (SSSR count). The van der Waals surface area contributed by atoms with Crippen molar-refractivity contribution >= 4 is 17.6 Å². The molecule has 1 aliphatic rings. The highest BCUT2D eigenvalue weighted by atomic mass is 19.4. The maximum Gasteiger partial charge on any atom is 0.442 e. The number of carbonyl (C=O) groups is 2. The molecule has 2 aromatic rings. The van der Waals surface area contributed by atoms with Gasteiger partial charge in [0.25, 0.3) is 5.91 Å². The van der Waals surface area contributed by atoms with E-state index in [1.54, 1.807) is 54.6 Å². The summed E-state index contributed by atoms with van der Waals surface area (Å²) in [7, 11) is 1.49. The Kier molecular flexibility index (Phi) is 6.06. The Morgan fingerprint density at radius 2 is 1.74 bits per heavy atom. The number of amides is 2. The van der Waals surface area contributed by atoms with Crippen molar-refractivity contribution in [2.24, 2.45) is 10.9 Å². The molecule has 1 N–H and O–H groups in total. The smallest absolute Gasteiger partial charge is 0.442 e. The van der Waals surface area contributed by atoms with Gasteiger partial charge in [-0.25, -0.2) is 4.99 Å². The normalized spacial score (nSPS) is 18.9. The van der Waals surface area contributed by atoms with Gasteiger partial charge in [0.1, 0.15) is 11.6 Å². The van der Waals surface area contributed by atoms with Gasteiger partial charge in [0, 0.05) is 11.5 Å². The van der Waals surface area contributed by atoms with Crippen LogP contribution in [-0.4, -0.2) is 41.5 Å². The van der Waals surface area contributed by atoms with Crippen LogP contribution in [0.1, 0.15) is 25.0 Å². The predicted octanol–water partition coefficient (Wildman–Crippen LogP) is 3.52. The van der Waals surface area contributed by atoms with Crippen molar-refractivity contribution in [3.63, 3.8) is 0 Å². The lowest BCUT2D eigenvalue weighted by Gasteiger charge is -2.29. The SMILES string of the molecule is COc1ccc(CN2C(=O)C(NC(=O)C(C)C)(C(F)(F)F)N=C2c2ccccc2)cc1. The van der Waals surface area contributed by atoms with Crippen LogP contribution in [0.25, 0.3) is 0 Å². The summed E-state index contributed by atoms with van der Waals surface area (Å²) in [5.41, 5.74) is -2.48. The molecular formula is C22H22F3N3O3. The number of hydrogen-bond donors (Lipinski definition) is 1. The van der Waals surface area contributed by atoms with E-state index < -0.39 is 29.6 Å². The van der Waals surface area contributed by atoms with E-state index >= 15 is 0 Å². The first kappa shape index (κ1) is 22.3. The molecule has 1 unspecified atom stereocenters. The minimum absolute atomic E-state index is 0.161. The molecule has 2 amide bonds. The van der Waals surface area contributed by atoms with Gasteiger partial charge in [0.15, 0.2) is 0 Å². The molecule has 0 aromatic heterocycles. The topological polar surface area (TPSA) is 71.0 Å². The summed E-state index contributed by atoms with van der Waals surface area (Å²) in [5, 5.41) is 1.85. The third-order valence-corrected chi connectivity index (χ3v) is 4.85. The molecule has 0 fully saturated rings. The molecule has 0 saturated carbocycles. The predicted molar refractivity (Wildman–Crippen MR) is 108 cm³/mol. The Bertz CT molecular complexity index is 989. The highest BCUT2D eigenvalue weighted by molar-refractivity contribution is 6.16. The molecule has 9 heteroatoms. The van der Waals surface area contributed by atoms with Gasteiger partial charge in [0.05, 0.1) is 13.7 Å². The lowest BCUT2D eigenvalue weighted by Crippen LogP contribution is -2.63. The number of aliphatic imine (C=N–C) groups is 1. The van der Waals surface area contributed by atoms with Gasteiger partial charge in [-0.1, -0.05) is 56.3 Å². The second-order valence-corrected chi connectivity index (χ2v) is 7.39. The number of alkyl halides is 3. The zero-order valence-electron chi connectivity index (χ0n) is 17.2. The summed E-state index contributed by atoms with van der Waals surface area (Å²) < 4.78 is 47.7. The van der Waals surface area contributed by atoms with Gasteiger partial charge in [0.2, 0.25) is 5.91 Å². The van der Waals surface area contributed by atoms with E-state index in [1.165, 1.54) is 21.0 Å². The number of nitrogens with one attached hydrogen (secondary N) is 1. The number of methoxy groups -OCH3 is 1. The summed E-state index contributed by atoms with van der Waals surface area (Å²) >= 11 is 0. The van der Waals surface area contributed by atoms with Crippen LogP contribution in [0, 0.1) is 5.92 Å². The molecule has 6 nitrogen and oxygen atoms in total. The highest BCUT2D eigenvalue weighted by Crippen LogP contribution is 2.39. The van der Waals surface area contributed by atoms with Gasteiger partial charge in [-0.2, -0.15) is 13.2 Å². The largest absolute Gasteiger partial charge is 0.497 e. The number of nitrogens with zero attached hydrogens (tertiary/aromatic N) is 2. The Labute approximate surface area is 177 Å². The maximum absolute atomic E-state index is 14.2. The van der Waals surface area contributed by atoms with Gasteiger partial charge in [-0.15, -0.1) is 0 Å². The summed E-state index contributed by atoms with van der Waals surface area (Å²) in [6.07, 6.45) is -5.14. The first-order valence-electron chi connectivity index (χ1n) is 9.58. The second kappa shape index (κ2) is 8.41. The Morgan fingerprint density at radius 3 is 2.26 bits per heavy atom. The minimum Gasteiger partial charge on any atom is -0.497 e. The quantitative estimate of drug-likeness (QED) is 0.758. The van der Waals surface area contributed by atoms with E-state index in [9.17, 15) is 22.8 Å². The van der Waals surface area contributed by atoms with E-state index in [0.29, 0.717) is 16.9 Å². The number of rotatable bonds is 6. The molecule has 31 heavy (non-hydrogen) atoms. The first-order valence-corrected chi connectivity index (χ1v) is 9.58. The third kappa shape index (κ3) is 4.26. The summed E-state index contributed by atoms with van der Waals surface area (Å²) in [6, 6.07) is 14.7. The van der Waals surface area contributed by atoms with E-state index in [1.807, 2.05) is 5.32 Å². The summed E-state index contributed by atoms with van der Waals surface area (Å²) in [6.45, 7) is 2.72. The van der Waals surface area contributed by atoms with Crippen molar-refractivity contribution in [1.29, 1.82) is 0 Å². The molecule has 1 atom stereocenters. The monoisotopic (exact) mass is 433 g/mol. The second-order valence-electron chi connectivity index (χ2n) is 7.39. The molecule has 1 heterocycles. The molecule has 164 valence electrons. The van der Waals surface area contributed by atoms with Crippen molar-refractivity contribution in [2.75, 3.05) is 7.11 Å². The van der Waals surface area contributed by atoms with E-state index in [0.717, 1.165) is 4.90 Å². The molecule has 0 spiro atoms. The van der Waals surface area contributed by atoms with Crippen LogP contribution in [0.3, 0.4) is 0 Å². The van der Waals surface area contributed by atoms with E-state index in [-0.39, 0.29) is 12.4 Å². The molecule has 0 aliphatic carbocycles. The summed E-state index contributed by atoms with van der Waals surface area (Å²) in [5.74, 6) is -2.64. The fourth-order valence-corrected chi connectivity index (χ4v) is 3.09. The number of halogens is 3. The summed E-state index contributed by atoms with van der Waals surface area (Å²) in [4.78, 5) is 30.1. The van der Waals surface area contributed by atoms with E-state index in [4.69, 9.17) is 4.74 Å². The number of benzene rings is 2. The van der Waals surface area contributed by atoms with Crippen LogP contribution < -0.4 is 10.1 Å². The minimum atomic E-state index is -5.14. The van der Waals surface area contributed by atoms with Crippen LogP contribution in [0.4, 0.5) is 13.2 Å². The van der Waals surface area contributed by atoms with Gasteiger partial charge >= 0.3 is 11.8 Å². The fraction of sp³-hybridized carbons (Fsp3) is 0.318. The molecule has 0 saturated heterocycles. The van der Waals surface area contributed by atoms with Crippen LogP contribution in [0.15, 0.2) is 59.6 Å². The highest BCUT2D eigenvalue weighted by Gasteiger charge is 2.67. The zero-order valence-corrected chi connectivity index (χ0v) is 17.2. The van der Waals surface area contributed by atoms with Crippen LogP contribution in [-0.2, 0) is 16.1 Å². The fourth-order valence-electron chi connectivity index (χ4n) is 3.09. The van der Waals surface area contributed by atoms with Crippen LogP contribution in [0.5, 0.6) is 5.75 Å². The zero-order chi connectivity index (χ0) is 22.8. The van der Waals surface area contributed by atoms with Crippen molar-refractivity contribution in [2.45, 2.75) is 32.2 Å². The lowest BCUT2D eigenvalue weighted by molar-refractivity contribution is -0.200. The van der Waals surface area contributed by atoms with Crippen molar-refractivity contribution in [3.8, 4) is 5.75 Å². The number of carbonyl (C=O) groups excluding carboxylic acids is 2. The molecule has 0 radical (unpaired) electrons. The Morgan fingerprint density at radius 1 is 1.13 bits per heavy atom. The number of ether oxygens (including phenoxy) is 1. The third-order valence-electron chi connectivity index (χ3n) is 4.85. The molecule has 2 aromatic carbocycles. The van der Waals surface area contributed by atoms with Gasteiger partial charge in [-0.05, 0) is 17.7 Å². The van der Waals surface area contributed by atoms with Crippen molar-refractivity contribution < 1.29 is 27.5 Å². The Hall–Kier alpha value is -3.36. The Balaban J connectivity index is 2.09. The van der Waals surface area contributed by atoms with Crippen LogP contribution >= 0.6 is 0 Å². The average Bonchev–Trinajstić information content (AvgIpc) is 3.02.